The number of ether oxygens (including phenoxy) is 1. The summed E-state index contributed by atoms with van der Waals surface area (Å²) in [5.74, 6) is 1.95. The summed E-state index contributed by atoms with van der Waals surface area (Å²) in [5.41, 5.74) is 1.08. The van der Waals surface area contributed by atoms with Gasteiger partial charge >= 0.3 is 0 Å². The average Bonchev–Trinajstić information content (AvgIpc) is 3.05. The summed E-state index contributed by atoms with van der Waals surface area (Å²) < 4.78 is 3.62. The molecule has 0 aliphatic carbocycles. The van der Waals surface area contributed by atoms with Crippen molar-refractivity contribution in [3.05, 3.63) is 29.8 Å². The van der Waals surface area contributed by atoms with Gasteiger partial charge in [-0.15, -0.1) is 0 Å². The Labute approximate surface area is 175 Å². The second-order valence-electron chi connectivity index (χ2n) is 6.96. The lowest BCUT2D eigenvalue weighted by atomic mass is 10.1. The number of hydrogen-bond acceptors (Lipinski definition) is 5. The van der Waals surface area contributed by atoms with Gasteiger partial charge < -0.3 is 9.64 Å². The molecular weight excluding hydrogens is 407 g/mol. The van der Waals surface area contributed by atoms with Gasteiger partial charge in [0.1, 0.15) is 18.3 Å². The van der Waals surface area contributed by atoms with E-state index in [1.807, 2.05) is 29.2 Å². The largest absolute Gasteiger partial charge is 0.497 e. The molecule has 0 saturated carbocycles. The van der Waals surface area contributed by atoms with Crippen LogP contribution in [-0.2, 0) is 6.42 Å². The molecule has 2 heterocycles. The lowest BCUT2D eigenvalue weighted by Crippen LogP contribution is -2.46. The fourth-order valence-electron chi connectivity index (χ4n) is 3.48. The van der Waals surface area contributed by atoms with Crippen LogP contribution in [0.3, 0.4) is 0 Å². The number of rotatable bonds is 6. The molecule has 1 unspecified atom stereocenters. The highest BCUT2D eigenvalue weighted by Crippen LogP contribution is 2.31. The quantitative estimate of drug-likeness (QED) is 0.635. The summed E-state index contributed by atoms with van der Waals surface area (Å²) in [6, 6.07) is 8.43. The molecule has 0 radical (unpaired) electrons. The SMILES string of the molecule is COc1ccc(CC2=NCN(CCN3CCCC3C)C(C(Cl)(Cl)Cl)=N2)cc1. The molecule has 1 aromatic carbocycles. The van der Waals surface area contributed by atoms with E-state index in [2.05, 4.69) is 21.8 Å². The van der Waals surface area contributed by atoms with E-state index in [1.54, 1.807) is 7.11 Å². The van der Waals surface area contributed by atoms with Crippen molar-refractivity contribution >= 4 is 46.5 Å². The lowest BCUT2D eigenvalue weighted by molar-refractivity contribution is 0.241. The number of halogens is 3. The molecule has 1 atom stereocenters. The third-order valence-corrected chi connectivity index (χ3v) is 5.59. The molecule has 1 saturated heterocycles. The second-order valence-corrected chi connectivity index (χ2v) is 9.25. The highest BCUT2D eigenvalue weighted by Gasteiger charge is 2.35. The van der Waals surface area contributed by atoms with Crippen LogP contribution < -0.4 is 4.74 Å². The standard InChI is InChI=1S/C19H25Cl3N4O/c1-14-4-3-9-25(14)10-11-26-13-23-17(24-18(26)19(20,21)22)12-15-5-7-16(27-2)8-6-15/h5-8,14H,3-4,9-13H2,1-2H3. The van der Waals surface area contributed by atoms with Crippen molar-refractivity contribution in [3.63, 3.8) is 0 Å². The van der Waals surface area contributed by atoms with Crippen LogP contribution in [0, 0.1) is 0 Å². The molecule has 5 nitrogen and oxygen atoms in total. The molecule has 0 N–H and O–H groups in total. The van der Waals surface area contributed by atoms with E-state index in [1.165, 1.54) is 12.8 Å². The predicted octanol–water partition coefficient (Wildman–Crippen LogP) is 4.16. The third kappa shape index (κ3) is 5.50. The number of alkyl halides is 3. The third-order valence-electron chi connectivity index (χ3n) is 5.08. The number of aliphatic imine (C=N–C) groups is 2. The molecule has 0 bridgehead atoms. The number of amidine groups is 2. The second kappa shape index (κ2) is 8.99. The molecule has 148 valence electrons. The first-order valence-corrected chi connectivity index (χ1v) is 10.3. The molecule has 2 aliphatic heterocycles. The van der Waals surface area contributed by atoms with Crippen LogP contribution in [0.1, 0.15) is 25.3 Å². The Morgan fingerprint density at radius 3 is 2.52 bits per heavy atom. The summed E-state index contributed by atoms with van der Waals surface area (Å²) in [4.78, 5) is 13.6. The minimum Gasteiger partial charge on any atom is -0.497 e. The van der Waals surface area contributed by atoms with Gasteiger partial charge in [-0.3, -0.25) is 4.90 Å². The molecule has 2 aliphatic rings. The predicted molar refractivity (Wildman–Crippen MR) is 114 cm³/mol. The van der Waals surface area contributed by atoms with Gasteiger partial charge in [-0.2, -0.15) is 0 Å². The molecule has 3 rings (SSSR count). The lowest BCUT2D eigenvalue weighted by Gasteiger charge is -2.33. The number of hydrogen-bond donors (Lipinski definition) is 0. The molecule has 8 heteroatoms. The van der Waals surface area contributed by atoms with Crippen molar-refractivity contribution in [2.24, 2.45) is 9.98 Å². The number of nitrogens with zero attached hydrogens (tertiary/aromatic N) is 4. The minimum absolute atomic E-state index is 0.456. The maximum atomic E-state index is 6.21. The zero-order chi connectivity index (χ0) is 19.4. The van der Waals surface area contributed by atoms with Crippen LogP contribution in [0.25, 0.3) is 0 Å². The van der Waals surface area contributed by atoms with Crippen LogP contribution in [0.5, 0.6) is 5.75 Å². The van der Waals surface area contributed by atoms with Gasteiger partial charge in [0.25, 0.3) is 0 Å². The summed E-state index contributed by atoms with van der Waals surface area (Å²) >= 11 is 18.6. The van der Waals surface area contributed by atoms with Crippen LogP contribution in [0.4, 0.5) is 0 Å². The highest BCUT2D eigenvalue weighted by molar-refractivity contribution is 6.76. The number of benzene rings is 1. The van der Waals surface area contributed by atoms with E-state index in [0.717, 1.165) is 30.9 Å². The Hall–Kier alpha value is -1.01. The molecule has 0 spiro atoms. The maximum Gasteiger partial charge on any atom is 0.248 e. The van der Waals surface area contributed by atoms with Gasteiger partial charge in [-0.05, 0) is 44.0 Å². The first-order valence-electron chi connectivity index (χ1n) is 9.18. The van der Waals surface area contributed by atoms with Gasteiger partial charge in [-0.1, -0.05) is 46.9 Å². The summed E-state index contributed by atoms with van der Waals surface area (Å²) in [6.07, 6.45) is 3.08. The van der Waals surface area contributed by atoms with Gasteiger partial charge in [0.2, 0.25) is 3.79 Å². The Morgan fingerprint density at radius 2 is 1.93 bits per heavy atom. The van der Waals surface area contributed by atoms with Crippen molar-refractivity contribution in [2.45, 2.75) is 36.0 Å². The smallest absolute Gasteiger partial charge is 0.248 e. The molecular formula is C19H25Cl3N4O. The van der Waals surface area contributed by atoms with Crippen molar-refractivity contribution in [1.29, 1.82) is 0 Å². The van der Waals surface area contributed by atoms with Crippen LogP contribution in [-0.4, -0.2) is 64.7 Å². The van der Waals surface area contributed by atoms with Crippen LogP contribution in [0.15, 0.2) is 34.3 Å². The Balaban J connectivity index is 1.67. The summed E-state index contributed by atoms with van der Waals surface area (Å²) in [5, 5.41) is 0. The van der Waals surface area contributed by atoms with E-state index in [-0.39, 0.29) is 0 Å². The van der Waals surface area contributed by atoms with Gasteiger partial charge in [0.05, 0.1) is 7.11 Å². The van der Waals surface area contributed by atoms with E-state index in [4.69, 9.17) is 39.5 Å². The minimum atomic E-state index is -1.57. The van der Waals surface area contributed by atoms with Crippen molar-refractivity contribution in [3.8, 4) is 5.75 Å². The first-order chi connectivity index (χ1) is 12.9. The molecule has 1 aromatic rings. The van der Waals surface area contributed by atoms with Gasteiger partial charge in [-0.25, -0.2) is 9.98 Å². The van der Waals surface area contributed by atoms with E-state index < -0.39 is 3.79 Å². The van der Waals surface area contributed by atoms with E-state index >= 15 is 0 Å². The van der Waals surface area contributed by atoms with Crippen molar-refractivity contribution in [2.75, 3.05) is 33.4 Å². The van der Waals surface area contributed by atoms with Gasteiger partial charge in [0.15, 0.2) is 5.84 Å². The summed E-state index contributed by atoms with van der Waals surface area (Å²) in [6.45, 7) is 5.51. The van der Waals surface area contributed by atoms with Crippen molar-refractivity contribution < 1.29 is 4.74 Å². The molecule has 0 amide bonds. The maximum absolute atomic E-state index is 6.21. The molecule has 0 aromatic heterocycles. The first kappa shape index (κ1) is 20.7. The number of likely N-dealkylation sites (tertiary alicyclic amines) is 1. The average molecular weight is 432 g/mol. The van der Waals surface area contributed by atoms with Gasteiger partial charge in [0, 0.05) is 25.6 Å². The number of methoxy groups -OCH3 is 1. The zero-order valence-electron chi connectivity index (χ0n) is 15.7. The zero-order valence-corrected chi connectivity index (χ0v) is 17.9. The normalized spacial score (nSPS) is 21.2. The molecule has 1 fully saturated rings. The van der Waals surface area contributed by atoms with E-state index in [9.17, 15) is 0 Å². The Morgan fingerprint density at radius 1 is 1.19 bits per heavy atom. The Bertz CT molecular complexity index is 700. The summed E-state index contributed by atoms with van der Waals surface area (Å²) in [7, 11) is 1.65. The molecule has 27 heavy (non-hydrogen) atoms. The monoisotopic (exact) mass is 430 g/mol. The Kier molecular flexibility index (Phi) is 6.90. The fraction of sp³-hybridized carbons (Fsp3) is 0.579. The van der Waals surface area contributed by atoms with Crippen LogP contribution in [0.2, 0.25) is 0 Å². The topological polar surface area (TPSA) is 40.4 Å². The van der Waals surface area contributed by atoms with Crippen LogP contribution >= 0.6 is 34.8 Å². The van der Waals surface area contributed by atoms with Crippen molar-refractivity contribution in [1.82, 2.24) is 9.80 Å². The highest BCUT2D eigenvalue weighted by atomic mass is 35.6. The van der Waals surface area contributed by atoms with E-state index in [0.29, 0.717) is 30.8 Å². The fourth-order valence-corrected chi connectivity index (χ4v) is 3.96.